The molecule has 5 aromatic rings. The van der Waals surface area contributed by atoms with Crippen molar-refractivity contribution in [3.8, 4) is 17.1 Å². The van der Waals surface area contributed by atoms with Gasteiger partial charge in [0, 0.05) is 22.4 Å². The minimum Gasteiger partial charge on any atom is -0.481 e. The highest BCUT2D eigenvalue weighted by molar-refractivity contribution is 6.10. The molecule has 35 heavy (non-hydrogen) atoms. The first-order chi connectivity index (χ1) is 17.1. The van der Waals surface area contributed by atoms with Crippen LogP contribution in [0.2, 0.25) is 0 Å². The molecule has 0 spiro atoms. The molecule has 1 aromatic heterocycles. The Kier molecular flexibility index (Phi) is 6.09. The third-order valence-electron chi connectivity index (χ3n) is 5.61. The number of ketones is 1. The number of H-pyrrole nitrogens is 1. The van der Waals surface area contributed by atoms with E-state index in [0.717, 1.165) is 16.6 Å². The van der Waals surface area contributed by atoms with Crippen molar-refractivity contribution >= 4 is 28.4 Å². The van der Waals surface area contributed by atoms with Crippen LogP contribution in [0.5, 0.6) is 5.75 Å². The molecule has 0 aliphatic heterocycles. The molecule has 0 bridgehead atoms. The summed E-state index contributed by atoms with van der Waals surface area (Å²) in [7, 11) is 0. The number of carbonyl (C=O) groups is 2. The molecule has 0 unspecified atom stereocenters. The summed E-state index contributed by atoms with van der Waals surface area (Å²) in [6.45, 7) is 1.71. The molecule has 6 nitrogen and oxygen atoms in total. The highest BCUT2D eigenvalue weighted by atomic mass is 16.5. The zero-order valence-corrected chi connectivity index (χ0v) is 19.1. The van der Waals surface area contributed by atoms with Crippen LogP contribution in [0.3, 0.4) is 0 Å². The third-order valence-corrected chi connectivity index (χ3v) is 5.61. The number of nitrogens with zero attached hydrogens (tertiary/aromatic N) is 1. The number of nitrogens with one attached hydrogen (secondary N) is 2. The molecule has 6 heteroatoms. The SMILES string of the molecule is C[C@H](Oc1ccccc1)C(=O)Nc1cccc(-c2nc3ccc(C(=O)c4ccccc4)cc3[nH]2)c1. The lowest BCUT2D eigenvalue weighted by atomic mass is 10.0. The van der Waals surface area contributed by atoms with E-state index in [4.69, 9.17) is 4.74 Å². The second-order valence-corrected chi connectivity index (χ2v) is 8.16. The molecule has 0 fully saturated rings. The average molecular weight is 462 g/mol. The predicted octanol–water partition coefficient (Wildman–Crippen LogP) is 5.87. The fraction of sp³-hybridized carbons (Fsp3) is 0.0690. The smallest absolute Gasteiger partial charge is 0.265 e. The van der Waals surface area contributed by atoms with Gasteiger partial charge in [0.1, 0.15) is 11.6 Å². The molecule has 4 aromatic carbocycles. The minimum absolute atomic E-state index is 0.0415. The van der Waals surface area contributed by atoms with Crippen molar-refractivity contribution in [2.45, 2.75) is 13.0 Å². The maximum Gasteiger partial charge on any atom is 0.265 e. The third kappa shape index (κ3) is 4.96. The number of ether oxygens (including phenoxy) is 1. The van der Waals surface area contributed by atoms with E-state index in [9.17, 15) is 9.59 Å². The van der Waals surface area contributed by atoms with E-state index in [2.05, 4.69) is 15.3 Å². The Hall–Kier alpha value is -4.71. The maximum absolute atomic E-state index is 12.8. The maximum atomic E-state index is 12.8. The summed E-state index contributed by atoms with van der Waals surface area (Å²) < 4.78 is 5.71. The predicted molar refractivity (Wildman–Crippen MR) is 137 cm³/mol. The van der Waals surface area contributed by atoms with Gasteiger partial charge in [-0.2, -0.15) is 0 Å². The summed E-state index contributed by atoms with van der Waals surface area (Å²) in [4.78, 5) is 33.4. The molecular formula is C29H23N3O3. The zero-order valence-electron chi connectivity index (χ0n) is 19.1. The van der Waals surface area contributed by atoms with Gasteiger partial charge in [0.05, 0.1) is 11.0 Å². The van der Waals surface area contributed by atoms with Crippen molar-refractivity contribution in [1.29, 1.82) is 0 Å². The fourth-order valence-electron chi connectivity index (χ4n) is 3.79. The Bertz CT molecular complexity index is 1490. The summed E-state index contributed by atoms with van der Waals surface area (Å²) in [6, 6.07) is 31.3. The van der Waals surface area contributed by atoms with Crippen molar-refractivity contribution in [1.82, 2.24) is 9.97 Å². The molecule has 0 saturated carbocycles. The van der Waals surface area contributed by atoms with Crippen LogP contribution in [-0.4, -0.2) is 27.8 Å². The number of benzene rings is 4. The van der Waals surface area contributed by atoms with E-state index >= 15 is 0 Å². The lowest BCUT2D eigenvalue weighted by Crippen LogP contribution is -2.30. The molecule has 1 atom stereocenters. The van der Waals surface area contributed by atoms with Crippen LogP contribution in [0, 0.1) is 0 Å². The largest absolute Gasteiger partial charge is 0.481 e. The van der Waals surface area contributed by atoms with Gasteiger partial charge in [-0.15, -0.1) is 0 Å². The highest BCUT2D eigenvalue weighted by Crippen LogP contribution is 2.25. The summed E-state index contributed by atoms with van der Waals surface area (Å²) >= 11 is 0. The molecule has 2 N–H and O–H groups in total. The van der Waals surface area contributed by atoms with Crippen molar-refractivity contribution in [2.24, 2.45) is 0 Å². The monoisotopic (exact) mass is 461 g/mol. The minimum atomic E-state index is -0.659. The lowest BCUT2D eigenvalue weighted by Gasteiger charge is -2.15. The first-order valence-electron chi connectivity index (χ1n) is 11.3. The van der Waals surface area contributed by atoms with Gasteiger partial charge in [-0.05, 0) is 49.4 Å². The molecule has 1 heterocycles. The Labute approximate surface area is 202 Å². The first-order valence-corrected chi connectivity index (χ1v) is 11.3. The van der Waals surface area contributed by atoms with E-state index in [0.29, 0.717) is 28.4 Å². The number of fused-ring (bicyclic) bond motifs is 1. The average Bonchev–Trinajstić information content (AvgIpc) is 3.33. The van der Waals surface area contributed by atoms with Crippen LogP contribution in [0.25, 0.3) is 22.4 Å². The number of aromatic amines is 1. The van der Waals surface area contributed by atoms with Crippen LogP contribution in [0.4, 0.5) is 5.69 Å². The molecule has 0 aliphatic carbocycles. The number of aromatic nitrogens is 2. The van der Waals surface area contributed by atoms with Crippen molar-refractivity contribution in [2.75, 3.05) is 5.32 Å². The number of hydrogen-bond donors (Lipinski definition) is 2. The van der Waals surface area contributed by atoms with Gasteiger partial charge >= 0.3 is 0 Å². The lowest BCUT2D eigenvalue weighted by molar-refractivity contribution is -0.122. The van der Waals surface area contributed by atoms with Gasteiger partial charge < -0.3 is 15.0 Å². The van der Waals surface area contributed by atoms with E-state index in [1.54, 1.807) is 25.1 Å². The molecule has 0 aliphatic rings. The van der Waals surface area contributed by atoms with Gasteiger partial charge in [-0.3, -0.25) is 9.59 Å². The van der Waals surface area contributed by atoms with E-state index in [1.807, 2.05) is 84.9 Å². The van der Waals surface area contributed by atoms with Gasteiger partial charge in [-0.1, -0.05) is 60.7 Å². The summed E-state index contributed by atoms with van der Waals surface area (Å²) in [5.74, 6) is 0.991. The number of imidazole rings is 1. The van der Waals surface area contributed by atoms with Crippen molar-refractivity contribution < 1.29 is 14.3 Å². The fourth-order valence-corrected chi connectivity index (χ4v) is 3.79. The van der Waals surface area contributed by atoms with Crippen LogP contribution in [-0.2, 0) is 4.79 Å². The molecule has 0 radical (unpaired) electrons. The van der Waals surface area contributed by atoms with Crippen molar-refractivity contribution in [3.05, 3.63) is 114 Å². The summed E-state index contributed by atoms with van der Waals surface area (Å²) in [5.41, 5.74) is 4.20. The van der Waals surface area contributed by atoms with E-state index in [1.165, 1.54) is 0 Å². The van der Waals surface area contributed by atoms with Gasteiger partial charge in [0.25, 0.3) is 5.91 Å². The van der Waals surface area contributed by atoms with Crippen molar-refractivity contribution in [3.63, 3.8) is 0 Å². The normalized spacial score (nSPS) is 11.7. The molecule has 172 valence electrons. The summed E-state index contributed by atoms with van der Waals surface area (Å²) in [5, 5.41) is 2.90. The van der Waals surface area contributed by atoms with Crippen LogP contribution in [0.15, 0.2) is 103 Å². The van der Waals surface area contributed by atoms with Crippen LogP contribution < -0.4 is 10.1 Å². The van der Waals surface area contributed by atoms with Crippen LogP contribution >= 0.6 is 0 Å². The van der Waals surface area contributed by atoms with Crippen LogP contribution in [0.1, 0.15) is 22.8 Å². The first kappa shape index (κ1) is 22.1. The molecular weight excluding hydrogens is 438 g/mol. The molecule has 1 amide bonds. The zero-order chi connectivity index (χ0) is 24.2. The van der Waals surface area contributed by atoms with E-state index < -0.39 is 6.10 Å². The Balaban J connectivity index is 1.34. The molecule has 0 saturated heterocycles. The number of para-hydroxylation sites is 1. The molecule has 5 rings (SSSR count). The Morgan fingerprint density at radius 2 is 1.57 bits per heavy atom. The van der Waals surface area contributed by atoms with Gasteiger partial charge in [0.15, 0.2) is 11.9 Å². The number of hydrogen-bond acceptors (Lipinski definition) is 4. The Morgan fingerprint density at radius 1 is 0.829 bits per heavy atom. The number of carbonyl (C=O) groups excluding carboxylic acids is 2. The van der Waals surface area contributed by atoms with E-state index in [-0.39, 0.29) is 11.7 Å². The summed E-state index contributed by atoms with van der Waals surface area (Å²) in [6.07, 6.45) is -0.659. The number of rotatable bonds is 7. The standard InChI is InChI=1S/C29H23N3O3/c1-19(35-24-13-6-3-7-14-24)29(34)30-23-12-8-11-22(17-23)28-31-25-16-15-21(18-26(25)32-28)27(33)20-9-4-2-5-10-20/h2-19H,1H3,(H,30,34)(H,31,32)/t19-/m0/s1. The second-order valence-electron chi connectivity index (χ2n) is 8.16. The second kappa shape index (κ2) is 9.65. The Morgan fingerprint density at radius 3 is 2.34 bits per heavy atom. The number of anilines is 1. The van der Waals surface area contributed by atoms with Gasteiger partial charge in [0.2, 0.25) is 0 Å². The topological polar surface area (TPSA) is 84.1 Å². The number of amides is 1. The van der Waals surface area contributed by atoms with Gasteiger partial charge in [-0.25, -0.2) is 4.98 Å². The quantitative estimate of drug-likeness (QED) is 0.297. The highest BCUT2D eigenvalue weighted by Gasteiger charge is 2.16.